The first-order chi connectivity index (χ1) is 14.2. The molecule has 1 fully saturated rings. The summed E-state index contributed by atoms with van der Waals surface area (Å²) in [7, 11) is -3.93. The fourth-order valence-corrected chi connectivity index (χ4v) is 4.87. The van der Waals surface area contributed by atoms with Gasteiger partial charge in [0.2, 0.25) is 21.8 Å². The van der Waals surface area contributed by atoms with Crippen LogP contribution >= 0.6 is 11.6 Å². The molecule has 2 aromatic rings. The second-order valence-electron chi connectivity index (χ2n) is 7.49. The van der Waals surface area contributed by atoms with Gasteiger partial charge in [0.25, 0.3) is 0 Å². The van der Waals surface area contributed by atoms with Crippen LogP contribution < -0.4 is 14.9 Å². The van der Waals surface area contributed by atoms with E-state index < -0.39 is 22.0 Å². The molecule has 1 aliphatic heterocycles. The van der Waals surface area contributed by atoms with Crippen LogP contribution in [0.25, 0.3) is 0 Å². The average molecular weight is 450 g/mol. The fraction of sp³-hybridized carbons (Fsp3) is 0.333. The average Bonchev–Trinajstić information content (AvgIpc) is 3.12. The molecule has 0 aromatic heterocycles. The Kier molecular flexibility index (Phi) is 6.80. The Balaban J connectivity index is 1.72. The van der Waals surface area contributed by atoms with Crippen molar-refractivity contribution in [2.75, 3.05) is 16.8 Å². The number of benzene rings is 2. The number of amides is 2. The Morgan fingerprint density at radius 1 is 1.13 bits per heavy atom. The number of rotatable bonds is 7. The van der Waals surface area contributed by atoms with Gasteiger partial charge in [-0.2, -0.15) is 4.72 Å². The van der Waals surface area contributed by atoms with Crippen molar-refractivity contribution in [3.63, 3.8) is 0 Å². The minimum atomic E-state index is -3.93. The molecule has 0 radical (unpaired) electrons. The van der Waals surface area contributed by atoms with Gasteiger partial charge in [0.05, 0.1) is 4.90 Å². The Labute approximate surface area is 181 Å². The highest BCUT2D eigenvalue weighted by molar-refractivity contribution is 7.89. The molecule has 9 heteroatoms. The van der Waals surface area contributed by atoms with E-state index in [4.69, 9.17) is 11.6 Å². The standard InChI is InChI=1S/C21H24ClN3O4S/c1-14(2)20(24-30(28,29)18-6-3-5-15(22)13-18)21(27)23-16-8-10-17(11-9-16)25-12-4-7-19(25)26/h3,5-6,8-11,13-14,20,24H,4,7,12H2,1-2H3,(H,23,27)/t20-/m0/s1. The van der Waals surface area contributed by atoms with Crippen LogP contribution in [0.1, 0.15) is 26.7 Å². The second kappa shape index (κ2) is 9.16. The van der Waals surface area contributed by atoms with Crippen LogP contribution in [0.4, 0.5) is 11.4 Å². The first-order valence-electron chi connectivity index (χ1n) is 9.66. The molecule has 2 N–H and O–H groups in total. The predicted octanol–water partition coefficient (Wildman–Crippen LogP) is 3.41. The van der Waals surface area contributed by atoms with Gasteiger partial charge in [0.15, 0.2) is 0 Å². The highest BCUT2D eigenvalue weighted by atomic mass is 35.5. The number of halogens is 1. The molecule has 0 saturated carbocycles. The van der Waals surface area contributed by atoms with Crippen molar-refractivity contribution >= 4 is 44.8 Å². The zero-order valence-electron chi connectivity index (χ0n) is 16.8. The van der Waals surface area contributed by atoms with E-state index in [1.807, 2.05) is 0 Å². The van der Waals surface area contributed by atoms with E-state index in [0.717, 1.165) is 12.1 Å². The summed E-state index contributed by atoms with van der Waals surface area (Å²) in [6.07, 6.45) is 1.38. The Morgan fingerprint density at radius 2 is 1.83 bits per heavy atom. The van der Waals surface area contributed by atoms with Crippen LogP contribution in [0.2, 0.25) is 5.02 Å². The highest BCUT2D eigenvalue weighted by Gasteiger charge is 2.29. The minimum Gasteiger partial charge on any atom is -0.325 e. The molecule has 0 bridgehead atoms. The summed E-state index contributed by atoms with van der Waals surface area (Å²) >= 11 is 5.89. The van der Waals surface area contributed by atoms with Crippen molar-refractivity contribution < 1.29 is 18.0 Å². The number of hydrogen-bond acceptors (Lipinski definition) is 4. The fourth-order valence-electron chi connectivity index (χ4n) is 3.23. The van der Waals surface area contributed by atoms with Gasteiger partial charge in [0.1, 0.15) is 6.04 Å². The molecule has 3 rings (SSSR count). The maximum Gasteiger partial charge on any atom is 0.242 e. The summed E-state index contributed by atoms with van der Waals surface area (Å²) in [6, 6.07) is 11.8. The van der Waals surface area contributed by atoms with E-state index in [0.29, 0.717) is 23.7 Å². The highest BCUT2D eigenvalue weighted by Crippen LogP contribution is 2.23. The minimum absolute atomic E-state index is 0.00640. The van der Waals surface area contributed by atoms with E-state index >= 15 is 0 Å². The van der Waals surface area contributed by atoms with Crippen LogP contribution in [-0.4, -0.2) is 32.8 Å². The normalized spacial score (nSPS) is 15.5. The maximum absolute atomic E-state index is 12.8. The third kappa shape index (κ3) is 5.19. The molecule has 1 heterocycles. The lowest BCUT2D eigenvalue weighted by Gasteiger charge is -2.22. The molecule has 0 spiro atoms. The Hall–Kier alpha value is -2.42. The molecule has 7 nitrogen and oxygen atoms in total. The van der Waals surface area contributed by atoms with Gasteiger partial charge in [-0.3, -0.25) is 9.59 Å². The second-order valence-corrected chi connectivity index (χ2v) is 9.64. The third-order valence-electron chi connectivity index (χ3n) is 4.86. The van der Waals surface area contributed by atoms with Gasteiger partial charge in [-0.05, 0) is 54.8 Å². The first kappa shape index (κ1) is 22.3. The van der Waals surface area contributed by atoms with Crippen molar-refractivity contribution in [3.8, 4) is 0 Å². The summed E-state index contributed by atoms with van der Waals surface area (Å²) in [5.41, 5.74) is 1.29. The molecule has 2 amide bonds. The number of anilines is 2. The monoisotopic (exact) mass is 449 g/mol. The van der Waals surface area contributed by atoms with Crippen molar-refractivity contribution in [2.24, 2.45) is 5.92 Å². The van der Waals surface area contributed by atoms with E-state index in [1.54, 1.807) is 49.1 Å². The van der Waals surface area contributed by atoms with Gasteiger partial charge in [0, 0.05) is 29.4 Å². The van der Waals surface area contributed by atoms with E-state index in [9.17, 15) is 18.0 Å². The van der Waals surface area contributed by atoms with Crippen molar-refractivity contribution in [1.29, 1.82) is 0 Å². The largest absolute Gasteiger partial charge is 0.325 e. The summed E-state index contributed by atoms with van der Waals surface area (Å²) in [6.45, 7) is 4.20. The van der Waals surface area contributed by atoms with Crippen molar-refractivity contribution in [3.05, 3.63) is 53.6 Å². The van der Waals surface area contributed by atoms with Crippen LogP contribution in [0.3, 0.4) is 0 Å². The number of hydrogen-bond donors (Lipinski definition) is 2. The zero-order chi connectivity index (χ0) is 21.9. The number of sulfonamides is 1. The predicted molar refractivity (Wildman–Crippen MR) is 117 cm³/mol. The Morgan fingerprint density at radius 3 is 2.40 bits per heavy atom. The summed E-state index contributed by atoms with van der Waals surface area (Å²) < 4.78 is 27.8. The van der Waals surface area contributed by atoms with Gasteiger partial charge in [-0.1, -0.05) is 31.5 Å². The summed E-state index contributed by atoms with van der Waals surface area (Å²) in [5.74, 6) is -0.678. The van der Waals surface area contributed by atoms with Gasteiger partial charge >= 0.3 is 0 Å². The van der Waals surface area contributed by atoms with Gasteiger partial charge in [-0.25, -0.2) is 8.42 Å². The molecule has 2 aromatic carbocycles. The molecular weight excluding hydrogens is 426 g/mol. The van der Waals surface area contributed by atoms with Crippen LogP contribution in [0.5, 0.6) is 0 Å². The third-order valence-corrected chi connectivity index (χ3v) is 6.53. The summed E-state index contributed by atoms with van der Waals surface area (Å²) in [4.78, 5) is 26.4. The van der Waals surface area contributed by atoms with Crippen molar-refractivity contribution in [1.82, 2.24) is 4.72 Å². The van der Waals surface area contributed by atoms with Gasteiger partial charge < -0.3 is 10.2 Å². The van der Waals surface area contributed by atoms with Crippen LogP contribution in [0.15, 0.2) is 53.4 Å². The molecule has 0 aliphatic carbocycles. The molecule has 1 saturated heterocycles. The van der Waals surface area contributed by atoms with E-state index in [2.05, 4.69) is 10.0 Å². The number of carbonyl (C=O) groups is 2. The van der Waals surface area contributed by atoms with Crippen molar-refractivity contribution in [2.45, 2.75) is 37.6 Å². The molecule has 30 heavy (non-hydrogen) atoms. The zero-order valence-corrected chi connectivity index (χ0v) is 18.3. The lowest BCUT2D eigenvalue weighted by Crippen LogP contribution is -2.47. The van der Waals surface area contributed by atoms with Gasteiger partial charge in [-0.15, -0.1) is 0 Å². The summed E-state index contributed by atoms with van der Waals surface area (Å²) in [5, 5.41) is 3.03. The maximum atomic E-state index is 12.8. The number of carbonyl (C=O) groups excluding carboxylic acids is 2. The number of nitrogens with one attached hydrogen (secondary N) is 2. The smallest absolute Gasteiger partial charge is 0.242 e. The molecule has 1 aliphatic rings. The Bertz CT molecular complexity index is 1040. The van der Waals surface area contributed by atoms with Crippen LogP contribution in [-0.2, 0) is 19.6 Å². The molecule has 0 unspecified atom stereocenters. The SMILES string of the molecule is CC(C)[C@H](NS(=O)(=O)c1cccc(Cl)c1)C(=O)Nc1ccc(N2CCCC2=O)cc1. The lowest BCUT2D eigenvalue weighted by atomic mass is 10.0. The molecular formula is C21H24ClN3O4S. The topological polar surface area (TPSA) is 95.6 Å². The quantitative estimate of drug-likeness (QED) is 0.677. The number of nitrogens with zero attached hydrogens (tertiary/aromatic N) is 1. The first-order valence-corrected chi connectivity index (χ1v) is 11.5. The lowest BCUT2D eigenvalue weighted by molar-refractivity contribution is -0.119. The van der Waals surface area contributed by atoms with E-state index in [1.165, 1.54) is 18.2 Å². The van der Waals surface area contributed by atoms with E-state index in [-0.39, 0.29) is 16.7 Å². The molecule has 1 atom stereocenters. The molecule has 160 valence electrons. The van der Waals surface area contributed by atoms with Crippen LogP contribution in [0, 0.1) is 5.92 Å².